The molecule has 0 bridgehead atoms. The molecular formula is C25H29N3O4. The highest BCUT2D eigenvalue weighted by atomic mass is 16.5. The van der Waals surface area contributed by atoms with Crippen molar-refractivity contribution in [1.29, 1.82) is 0 Å². The minimum Gasteiger partial charge on any atom is -0.459 e. The fourth-order valence-electron chi connectivity index (χ4n) is 3.75. The zero-order valence-corrected chi connectivity index (χ0v) is 18.6. The van der Waals surface area contributed by atoms with Crippen molar-refractivity contribution < 1.29 is 19.2 Å². The summed E-state index contributed by atoms with van der Waals surface area (Å²) < 4.78 is 11.5. The van der Waals surface area contributed by atoms with E-state index in [1.165, 1.54) is 5.56 Å². The molecule has 2 aromatic carbocycles. The Balaban J connectivity index is 1.75. The highest BCUT2D eigenvalue weighted by molar-refractivity contribution is 5.86. The smallest absolute Gasteiger partial charge is 0.258 e. The summed E-state index contributed by atoms with van der Waals surface area (Å²) in [5.74, 6) is 1.43. The third kappa shape index (κ3) is 4.07. The van der Waals surface area contributed by atoms with E-state index in [1.54, 1.807) is 6.07 Å². The summed E-state index contributed by atoms with van der Waals surface area (Å²) in [5.41, 5.74) is 9.34. The molecule has 4 rings (SSSR count). The first-order chi connectivity index (χ1) is 15.4. The lowest BCUT2D eigenvalue weighted by Crippen LogP contribution is -2.43. The van der Waals surface area contributed by atoms with Crippen LogP contribution in [0.25, 0.3) is 33.8 Å². The van der Waals surface area contributed by atoms with Gasteiger partial charge in [-0.2, -0.15) is 4.98 Å². The van der Waals surface area contributed by atoms with Crippen molar-refractivity contribution in [2.24, 2.45) is 5.73 Å². The summed E-state index contributed by atoms with van der Waals surface area (Å²) in [6.07, 6.45) is 2.14. The first-order valence-corrected chi connectivity index (χ1v) is 10.9. The molecule has 0 atom stereocenters. The summed E-state index contributed by atoms with van der Waals surface area (Å²) in [5, 5.41) is 24.3. The Morgan fingerprint density at radius 2 is 1.75 bits per heavy atom. The maximum Gasteiger partial charge on any atom is 0.258 e. The van der Waals surface area contributed by atoms with Crippen molar-refractivity contribution in [2.45, 2.75) is 45.1 Å². The number of rotatable bonds is 8. The Labute approximate surface area is 186 Å². The average molecular weight is 436 g/mol. The molecule has 0 amide bonds. The van der Waals surface area contributed by atoms with E-state index in [-0.39, 0.29) is 5.92 Å². The van der Waals surface area contributed by atoms with E-state index in [9.17, 15) is 10.2 Å². The van der Waals surface area contributed by atoms with Crippen LogP contribution in [-0.4, -0.2) is 33.6 Å². The van der Waals surface area contributed by atoms with Crippen molar-refractivity contribution in [2.75, 3.05) is 13.2 Å². The van der Waals surface area contributed by atoms with Crippen molar-refractivity contribution in [3.8, 4) is 22.8 Å². The maximum absolute atomic E-state index is 9.66. The first-order valence-electron chi connectivity index (χ1n) is 10.9. The van der Waals surface area contributed by atoms with E-state index in [2.05, 4.69) is 43.0 Å². The van der Waals surface area contributed by atoms with Gasteiger partial charge in [0.25, 0.3) is 5.89 Å². The first kappa shape index (κ1) is 22.2. The molecule has 168 valence electrons. The molecule has 7 nitrogen and oxygen atoms in total. The maximum atomic E-state index is 9.66. The van der Waals surface area contributed by atoms with Gasteiger partial charge in [0.15, 0.2) is 0 Å². The highest BCUT2D eigenvalue weighted by Gasteiger charge is 2.31. The van der Waals surface area contributed by atoms with Gasteiger partial charge in [-0.15, -0.1) is 0 Å². The molecule has 0 radical (unpaired) electrons. The topological polar surface area (TPSA) is 119 Å². The number of aromatic nitrogens is 2. The quantitative estimate of drug-likeness (QED) is 0.376. The Kier molecular flexibility index (Phi) is 6.15. The van der Waals surface area contributed by atoms with Crippen LogP contribution in [0.2, 0.25) is 0 Å². The summed E-state index contributed by atoms with van der Waals surface area (Å²) >= 11 is 0. The molecule has 0 saturated carbocycles. The van der Waals surface area contributed by atoms with Crippen LogP contribution in [0, 0.1) is 0 Å². The molecule has 32 heavy (non-hydrogen) atoms. The Bertz CT molecular complexity index is 1200. The Morgan fingerprint density at radius 3 is 2.38 bits per heavy atom. The minimum absolute atomic E-state index is 0.157. The molecular weight excluding hydrogens is 406 g/mol. The van der Waals surface area contributed by atoms with Gasteiger partial charge in [0.05, 0.1) is 13.2 Å². The molecule has 2 aromatic heterocycles. The van der Waals surface area contributed by atoms with Crippen LogP contribution < -0.4 is 5.73 Å². The number of nitrogens with two attached hydrogens (primary N) is 1. The number of aliphatic hydroxyl groups is 2. The number of nitrogens with zero attached hydrogens (tertiary/aromatic N) is 2. The van der Waals surface area contributed by atoms with Gasteiger partial charge in [-0.3, -0.25) is 0 Å². The van der Waals surface area contributed by atoms with Crippen LogP contribution in [0.3, 0.4) is 0 Å². The molecule has 0 aliphatic carbocycles. The molecule has 0 aliphatic rings. The van der Waals surface area contributed by atoms with Crippen LogP contribution >= 0.6 is 0 Å². The summed E-state index contributed by atoms with van der Waals surface area (Å²) in [7, 11) is 0. The van der Waals surface area contributed by atoms with E-state index in [0.29, 0.717) is 23.1 Å². The molecule has 0 spiro atoms. The zero-order chi connectivity index (χ0) is 22.9. The lowest BCUT2D eigenvalue weighted by Gasteiger charge is -2.21. The standard InChI is InChI=1S/C25H29N3O4/c1-4-5-16-6-8-17(9-7-16)24-27-23(28-32-24)19-10-18-12-21(25(26,13-29)14-30)31-22(18)20(11-19)15(2)3/h6-12,15,29-30H,4-5,13-14,26H2,1-3H3. The predicted octanol–water partition coefficient (Wildman–Crippen LogP) is 4.36. The fourth-order valence-corrected chi connectivity index (χ4v) is 3.75. The monoisotopic (exact) mass is 435 g/mol. The van der Waals surface area contributed by atoms with Gasteiger partial charge in [-0.25, -0.2) is 0 Å². The van der Waals surface area contributed by atoms with Gasteiger partial charge >= 0.3 is 0 Å². The zero-order valence-electron chi connectivity index (χ0n) is 18.6. The Morgan fingerprint density at radius 1 is 1.03 bits per heavy atom. The van der Waals surface area contributed by atoms with Crippen molar-refractivity contribution in [3.63, 3.8) is 0 Å². The normalized spacial score (nSPS) is 12.2. The largest absolute Gasteiger partial charge is 0.459 e. The third-order valence-electron chi connectivity index (χ3n) is 5.75. The van der Waals surface area contributed by atoms with E-state index in [4.69, 9.17) is 14.7 Å². The number of benzene rings is 2. The van der Waals surface area contributed by atoms with Gasteiger partial charge in [-0.1, -0.05) is 44.5 Å². The molecule has 0 unspecified atom stereocenters. The number of hydrogen-bond donors (Lipinski definition) is 3. The second kappa shape index (κ2) is 8.86. The fraction of sp³-hybridized carbons (Fsp3) is 0.360. The SMILES string of the molecule is CCCc1ccc(-c2nc(-c3cc(C(C)C)c4oc(C(N)(CO)CO)cc4c3)no2)cc1. The van der Waals surface area contributed by atoms with Gasteiger partial charge < -0.3 is 24.9 Å². The molecule has 7 heteroatoms. The lowest BCUT2D eigenvalue weighted by atomic mass is 9.97. The van der Waals surface area contributed by atoms with Crippen molar-refractivity contribution in [1.82, 2.24) is 10.1 Å². The van der Waals surface area contributed by atoms with Crippen molar-refractivity contribution in [3.05, 3.63) is 59.4 Å². The summed E-state index contributed by atoms with van der Waals surface area (Å²) in [4.78, 5) is 4.61. The molecule has 0 fully saturated rings. The highest BCUT2D eigenvalue weighted by Crippen LogP contribution is 2.35. The van der Waals surface area contributed by atoms with E-state index < -0.39 is 18.8 Å². The van der Waals surface area contributed by atoms with E-state index in [1.807, 2.05) is 24.3 Å². The van der Waals surface area contributed by atoms with Crippen LogP contribution in [-0.2, 0) is 12.0 Å². The van der Waals surface area contributed by atoms with E-state index >= 15 is 0 Å². The molecule has 4 N–H and O–H groups in total. The molecule has 0 aliphatic heterocycles. The minimum atomic E-state index is -1.35. The second-order valence-electron chi connectivity index (χ2n) is 8.59. The van der Waals surface area contributed by atoms with Crippen LogP contribution in [0.5, 0.6) is 0 Å². The number of hydrogen-bond acceptors (Lipinski definition) is 7. The average Bonchev–Trinajstić information content (AvgIpc) is 3.46. The number of fused-ring (bicyclic) bond motifs is 1. The number of aliphatic hydroxyl groups excluding tert-OH is 2. The summed E-state index contributed by atoms with van der Waals surface area (Å²) in [6.45, 7) is 5.42. The lowest BCUT2D eigenvalue weighted by molar-refractivity contribution is 0.105. The van der Waals surface area contributed by atoms with Crippen LogP contribution in [0.1, 0.15) is 50.0 Å². The summed E-state index contributed by atoms with van der Waals surface area (Å²) in [6, 6.07) is 13.8. The van der Waals surface area contributed by atoms with Crippen LogP contribution in [0.4, 0.5) is 0 Å². The number of aryl methyl sites for hydroxylation is 1. The van der Waals surface area contributed by atoms with E-state index in [0.717, 1.165) is 34.9 Å². The van der Waals surface area contributed by atoms with Crippen LogP contribution in [0.15, 0.2) is 51.4 Å². The van der Waals surface area contributed by atoms with Gasteiger partial charge in [0, 0.05) is 16.5 Å². The van der Waals surface area contributed by atoms with Gasteiger partial charge in [0.1, 0.15) is 16.9 Å². The second-order valence-corrected chi connectivity index (χ2v) is 8.59. The van der Waals surface area contributed by atoms with Crippen molar-refractivity contribution >= 4 is 11.0 Å². The Hall–Kier alpha value is -3.00. The van der Waals surface area contributed by atoms with Gasteiger partial charge in [0.2, 0.25) is 5.82 Å². The predicted molar refractivity (Wildman–Crippen MR) is 123 cm³/mol. The van der Waals surface area contributed by atoms with Gasteiger partial charge in [-0.05, 0) is 53.8 Å². The molecule has 2 heterocycles. The number of furan rings is 1. The third-order valence-corrected chi connectivity index (χ3v) is 5.75. The molecule has 0 saturated heterocycles. The molecule has 4 aromatic rings.